The third-order valence-electron chi connectivity index (χ3n) is 15.9. The number of carbonyl (C=O) groups excluding carboxylic acids is 4. The molecule has 0 atom stereocenters. The third-order valence-corrected chi connectivity index (χ3v) is 17.8. The van der Waals surface area contributed by atoms with Crippen molar-refractivity contribution < 1.29 is 72.9 Å². The molecule has 0 saturated carbocycles. The lowest BCUT2D eigenvalue weighted by atomic mass is 9.93. The fourth-order valence-corrected chi connectivity index (χ4v) is 12.6. The van der Waals surface area contributed by atoms with Gasteiger partial charge < -0.3 is 48.2 Å². The van der Waals surface area contributed by atoms with Gasteiger partial charge in [0.15, 0.2) is 0 Å². The molecule has 8 rings (SSSR count). The van der Waals surface area contributed by atoms with Crippen LogP contribution in [-0.4, -0.2) is 142 Å². The van der Waals surface area contributed by atoms with Gasteiger partial charge in [0.2, 0.25) is 10.7 Å². The first-order chi connectivity index (χ1) is 45.0. The van der Waals surface area contributed by atoms with Gasteiger partial charge in [0, 0.05) is 117 Å². The van der Waals surface area contributed by atoms with Crippen LogP contribution in [0.1, 0.15) is 67.2 Å². The molecule has 0 spiro atoms. The highest BCUT2D eigenvalue weighted by Crippen LogP contribution is 2.45. The van der Waals surface area contributed by atoms with Crippen molar-refractivity contribution in [3.8, 4) is 44.9 Å². The summed E-state index contributed by atoms with van der Waals surface area (Å²) in [6.07, 6.45) is 2.32. The number of rotatable bonds is 31. The minimum absolute atomic E-state index is 0.0351. The number of benzene rings is 6. The molecular formula is C70H82N6O16S2+2. The topological polar surface area (TPSA) is 277 Å². The van der Waals surface area contributed by atoms with Gasteiger partial charge in [0.1, 0.15) is 85.1 Å². The van der Waals surface area contributed by atoms with E-state index in [-0.39, 0.29) is 60.5 Å². The number of esters is 2. The molecule has 0 fully saturated rings. The lowest BCUT2D eigenvalue weighted by Crippen LogP contribution is -2.32. The molecule has 0 unspecified atom stereocenters. The SMILES string of the molecule is C=C(C)C(=O)OCCNC(=O)OCCN(CC)c1ccc2c(-c3ccccc3S(=O)(=O)O)c3ccc(=[N+](CC)CCCCCC[N+](CC)=c4ccc5c(-c6ccccc6S(=O)(=O)O)c6ccc(N(CC)CCOC(=O)NCCOC(=O)C(=C)C)cc6oc-5c4)cc-3oc2c1. The summed E-state index contributed by atoms with van der Waals surface area (Å²) in [5.74, 6) is -0.103. The van der Waals surface area contributed by atoms with Gasteiger partial charge in [-0.15, -0.1) is 0 Å². The fourth-order valence-electron chi connectivity index (χ4n) is 11.2. The molecule has 24 heteroatoms. The molecule has 4 aliphatic rings. The molecule has 22 nitrogen and oxygen atoms in total. The van der Waals surface area contributed by atoms with Crippen molar-refractivity contribution in [3.63, 3.8) is 0 Å². The third kappa shape index (κ3) is 17.9. The van der Waals surface area contributed by atoms with E-state index in [1.165, 1.54) is 26.0 Å². The van der Waals surface area contributed by atoms with Gasteiger partial charge >= 0.3 is 24.1 Å². The Morgan fingerprint density at radius 2 is 0.894 bits per heavy atom. The summed E-state index contributed by atoms with van der Waals surface area (Å²) in [4.78, 5) is 51.8. The molecule has 4 aromatic carbocycles. The number of anilines is 2. The Balaban J connectivity index is 1.00. The van der Waals surface area contributed by atoms with E-state index in [1.54, 1.807) is 36.4 Å². The average molecular weight is 1330 g/mol. The van der Waals surface area contributed by atoms with Crippen LogP contribution in [-0.2, 0) is 48.8 Å². The molecule has 94 heavy (non-hydrogen) atoms. The Bertz CT molecular complexity index is 4150. The smallest absolute Gasteiger partial charge is 0.407 e. The van der Waals surface area contributed by atoms with Crippen LogP contribution in [0.2, 0.25) is 0 Å². The number of nitrogens with zero attached hydrogens (tertiary/aromatic N) is 4. The van der Waals surface area contributed by atoms with E-state index in [0.29, 0.717) is 106 Å². The molecule has 0 aromatic heterocycles. The zero-order chi connectivity index (χ0) is 67.7. The molecule has 498 valence electrons. The number of likely N-dealkylation sites (N-methyl/N-ethyl adjacent to an activating group) is 2. The summed E-state index contributed by atoms with van der Waals surface area (Å²) in [6, 6.07) is 35.6. The number of fused-ring (bicyclic) bond motifs is 4. The van der Waals surface area contributed by atoms with Crippen molar-refractivity contribution >= 4 is 77.7 Å². The minimum atomic E-state index is -4.65. The van der Waals surface area contributed by atoms with Crippen molar-refractivity contribution in [1.29, 1.82) is 0 Å². The highest BCUT2D eigenvalue weighted by Gasteiger charge is 2.27. The lowest BCUT2D eigenvalue weighted by molar-refractivity contribution is -0.139. The second-order valence-corrected chi connectivity index (χ2v) is 25.1. The number of unbranched alkanes of at least 4 members (excludes halogenated alkanes) is 3. The molecule has 2 aliphatic carbocycles. The Labute approximate surface area is 547 Å². The Morgan fingerprint density at radius 1 is 0.500 bits per heavy atom. The van der Waals surface area contributed by atoms with Crippen molar-refractivity contribution in [3.05, 3.63) is 156 Å². The predicted octanol–water partition coefficient (Wildman–Crippen LogP) is 10.4. The summed E-state index contributed by atoms with van der Waals surface area (Å²) in [5, 5.41) is 8.17. The number of ether oxygens (including phenoxy) is 4. The fraction of sp³-hybridized carbons (Fsp3) is 0.343. The first-order valence-electron chi connectivity index (χ1n) is 31.3. The second-order valence-electron chi connectivity index (χ2n) is 22.3. The number of amides is 2. The quantitative estimate of drug-likeness (QED) is 0.00598. The van der Waals surface area contributed by atoms with Gasteiger partial charge in [-0.25, -0.2) is 28.3 Å². The minimum Gasteiger partial charge on any atom is -0.460 e. The van der Waals surface area contributed by atoms with Crippen LogP contribution in [0, 0.1) is 0 Å². The molecular weight excluding hydrogens is 1240 g/mol. The van der Waals surface area contributed by atoms with Gasteiger partial charge in [0.05, 0.1) is 38.3 Å². The zero-order valence-electron chi connectivity index (χ0n) is 53.9. The molecule has 4 N–H and O–H groups in total. The maximum absolute atomic E-state index is 12.9. The van der Waals surface area contributed by atoms with E-state index in [9.17, 15) is 45.1 Å². The van der Waals surface area contributed by atoms with Crippen LogP contribution < -0.4 is 40.3 Å². The standard InChI is InChI=1S/C70H80N6O16S2/c1-9-73(49-25-29-53-59(43-49)91-61-45-51(27-31-55(61)65(53)57-21-15-17-23-63(57)93(81,82)83)75(11-3)37-41-89-69(79)71-33-39-87-67(77)47(5)6)35-19-13-14-20-36-74(10-2)50-26-30-54-60(44-50)92-62-46-52(28-32-56(62)66(54)58-22-16-18-24-64(58)94(84,85)86)76(12-4)38-42-90-70(80)72-34-40-88-68(78)48(7)8/h15-18,21-32,43-46H,5,7,9-14,19-20,33-42H2,1-4,6,8H3,(H2-2,71,72,79,80,81,82,83,84,85,86)/p+2. The molecule has 0 radical (unpaired) electrons. The Hall–Kier alpha value is -9.36. The zero-order valence-corrected chi connectivity index (χ0v) is 55.5. The van der Waals surface area contributed by atoms with E-state index in [0.717, 1.165) is 60.9 Å². The Morgan fingerprint density at radius 3 is 1.26 bits per heavy atom. The van der Waals surface area contributed by atoms with Crippen LogP contribution >= 0.6 is 0 Å². The molecule has 0 bridgehead atoms. The number of hydrogen-bond acceptors (Lipinski definition) is 16. The number of nitrogens with one attached hydrogen (secondary N) is 2. The Kier molecular flexibility index (Phi) is 24.4. The number of carbonyl (C=O) groups is 4. The van der Waals surface area contributed by atoms with Crippen LogP contribution in [0.25, 0.3) is 66.8 Å². The number of hydrogen-bond donors (Lipinski definition) is 4. The molecule has 2 aliphatic heterocycles. The largest absolute Gasteiger partial charge is 0.460 e. The van der Waals surface area contributed by atoms with Crippen molar-refractivity contribution in [1.82, 2.24) is 19.8 Å². The monoisotopic (exact) mass is 1330 g/mol. The van der Waals surface area contributed by atoms with Crippen LogP contribution in [0.3, 0.4) is 0 Å². The van der Waals surface area contributed by atoms with Gasteiger partial charge in [0.25, 0.3) is 20.2 Å². The van der Waals surface area contributed by atoms with Crippen molar-refractivity contribution in [2.45, 2.75) is 77.0 Å². The summed E-state index contributed by atoms with van der Waals surface area (Å²) in [6.45, 7) is 23.0. The summed E-state index contributed by atoms with van der Waals surface area (Å²) in [5.41, 5.74) is 5.99. The second kappa shape index (κ2) is 32.5. The molecule has 4 aromatic rings. The summed E-state index contributed by atoms with van der Waals surface area (Å²) in [7, 11) is -9.30. The first-order valence-corrected chi connectivity index (χ1v) is 34.2. The average Bonchev–Trinajstić information content (AvgIpc) is 0.751. The van der Waals surface area contributed by atoms with Crippen LogP contribution in [0.15, 0.2) is 164 Å². The lowest BCUT2D eigenvalue weighted by Gasteiger charge is -2.24. The molecule has 2 amide bonds. The van der Waals surface area contributed by atoms with Gasteiger partial charge in [-0.1, -0.05) is 49.6 Å². The highest BCUT2D eigenvalue weighted by atomic mass is 32.2. The van der Waals surface area contributed by atoms with Crippen LogP contribution in [0.4, 0.5) is 21.0 Å². The maximum atomic E-state index is 12.9. The maximum Gasteiger partial charge on any atom is 0.407 e. The van der Waals surface area contributed by atoms with Gasteiger partial charge in [-0.05, 0) is 103 Å². The first kappa shape index (κ1) is 70.5. The molecule has 2 heterocycles. The highest BCUT2D eigenvalue weighted by molar-refractivity contribution is 7.86. The van der Waals surface area contributed by atoms with Gasteiger partial charge in [-0.3, -0.25) is 9.11 Å². The van der Waals surface area contributed by atoms with Crippen LogP contribution in [0.5, 0.6) is 0 Å². The summed E-state index contributed by atoms with van der Waals surface area (Å²) >= 11 is 0. The molecule has 0 saturated heterocycles. The van der Waals surface area contributed by atoms with E-state index >= 15 is 0 Å². The van der Waals surface area contributed by atoms with Crippen molar-refractivity contribution in [2.75, 3.05) is 102 Å². The predicted molar refractivity (Wildman–Crippen MR) is 362 cm³/mol. The van der Waals surface area contributed by atoms with Gasteiger partial charge in [-0.2, -0.15) is 16.8 Å². The number of alkyl carbamates (subject to hydrolysis) is 2. The summed E-state index contributed by atoms with van der Waals surface area (Å²) < 4.78 is 111. The van der Waals surface area contributed by atoms with Crippen molar-refractivity contribution in [2.24, 2.45) is 0 Å². The van der Waals surface area contributed by atoms with E-state index < -0.39 is 44.4 Å². The van der Waals surface area contributed by atoms with E-state index in [1.807, 2.05) is 96.4 Å². The normalized spacial score (nSPS) is 12.3. The van der Waals surface area contributed by atoms with E-state index in [2.05, 4.69) is 46.8 Å². The van der Waals surface area contributed by atoms with E-state index in [4.69, 9.17) is 27.8 Å².